The summed E-state index contributed by atoms with van der Waals surface area (Å²) in [5, 5.41) is 20.0. The summed E-state index contributed by atoms with van der Waals surface area (Å²) in [6, 6.07) is 22.1. The minimum atomic E-state index is -4.48. The van der Waals surface area contributed by atoms with E-state index in [4.69, 9.17) is 29.7 Å². The molecule has 0 aliphatic carbocycles. The van der Waals surface area contributed by atoms with Crippen LogP contribution in [0, 0.1) is 23.7 Å². The molecule has 0 bridgehead atoms. The lowest BCUT2D eigenvalue weighted by molar-refractivity contribution is 0.0118. The number of primary sulfonamides is 1. The molecule has 2 aliphatic heterocycles. The van der Waals surface area contributed by atoms with Crippen molar-refractivity contribution in [1.82, 2.24) is 44.4 Å². The van der Waals surface area contributed by atoms with Crippen LogP contribution in [0.5, 0.6) is 0 Å². The highest BCUT2D eigenvalue weighted by Crippen LogP contribution is 2.40. The minimum Gasteiger partial charge on any atom is -0.478 e. The van der Waals surface area contributed by atoms with Crippen molar-refractivity contribution in [2.45, 2.75) is 257 Å². The SMILES string of the molecule is CC(C)(C)OC(=O)N1C[C@@H](CCC(Nc2cccc(S(=O)(=O)NC(=O)c3ccc(C(C)(C)C)nc3F)n2)c2ccc(C(C)(C)C)cn2)CC1(C)C.CC(C)(C)OC(=O)N1C[C@@H](CCC(Nc2cccc(S(N)(=O)=O)n2)c2ccc(C(C)(C)C)cn2)CC1(C)C.CC(C)(C)c1ccc(C(=O)O)c(F)n1. The Bertz CT molecular complexity index is 4210. The summed E-state index contributed by atoms with van der Waals surface area (Å²) >= 11 is 0. The zero-order chi connectivity index (χ0) is 77.6. The van der Waals surface area contributed by atoms with Crippen LogP contribution in [0.25, 0.3) is 0 Å². The topological polar surface area (TPSA) is 321 Å². The number of carbonyl (C=O) groups excluding carboxylic acids is 3. The molecule has 2 unspecified atom stereocenters. The van der Waals surface area contributed by atoms with Gasteiger partial charge in [0, 0.05) is 58.8 Å². The molecule has 564 valence electrons. The third-order valence-corrected chi connectivity index (χ3v) is 19.5. The highest BCUT2D eigenvalue weighted by atomic mass is 32.2. The molecule has 6 N–H and O–H groups in total. The number of aromatic nitrogens is 6. The molecule has 27 heteroatoms. The Morgan fingerprint density at radius 2 is 0.922 bits per heavy atom. The molecule has 0 radical (unpaired) electrons. The average Bonchev–Trinajstić information content (AvgIpc) is 1.76. The van der Waals surface area contributed by atoms with Crippen molar-refractivity contribution in [1.29, 1.82) is 0 Å². The molecule has 2 fully saturated rings. The maximum absolute atomic E-state index is 14.8. The second kappa shape index (κ2) is 32.0. The molecule has 0 aromatic carbocycles. The predicted octanol–water partition coefficient (Wildman–Crippen LogP) is 15.3. The van der Waals surface area contributed by atoms with E-state index in [9.17, 15) is 44.8 Å². The van der Waals surface area contributed by atoms with Crippen LogP contribution in [0.15, 0.2) is 107 Å². The first kappa shape index (κ1) is 83.6. The Labute approximate surface area is 608 Å². The molecule has 0 spiro atoms. The number of nitrogens with one attached hydrogen (secondary N) is 3. The van der Waals surface area contributed by atoms with E-state index in [0.717, 1.165) is 48.2 Å². The molecular weight excluding hydrogens is 1360 g/mol. The van der Waals surface area contributed by atoms with Gasteiger partial charge in [0.15, 0.2) is 10.1 Å². The van der Waals surface area contributed by atoms with Gasteiger partial charge >= 0.3 is 18.2 Å². The lowest BCUT2D eigenvalue weighted by Crippen LogP contribution is -2.45. The van der Waals surface area contributed by atoms with E-state index < -0.39 is 76.6 Å². The Kier molecular flexibility index (Phi) is 26.0. The number of aromatic carboxylic acids is 1. The van der Waals surface area contributed by atoms with Gasteiger partial charge < -0.3 is 35.0 Å². The van der Waals surface area contributed by atoms with Crippen molar-refractivity contribution < 1.29 is 59.4 Å². The van der Waals surface area contributed by atoms with Crippen molar-refractivity contribution >= 4 is 55.7 Å². The van der Waals surface area contributed by atoms with E-state index in [2.05, 4.69) is 92.0 Å². The predicted molar refractivity (Wildman–Crippen MR) is 395 cm³/mol. The Balaban J connectivity index is 0.000000279. The summed E-state index contributed by atoms with van der Waals surface area (Å²) in [6.45, 7) is 44.5. The molecule has 6 aromatic heterocycles. The first-order valence-electron chi connectivity index (χ1n) is 34.6. The quantitative estimate of drug-likeness (QED) is 0.0530. The van der Waals surface area contributed by atoms with E-state index in [-0.39, 0.29) is 74.3 Å². The van der Waals surface area contributed by atoms with Crippen LogP contribution in [0.3, 0.4) is 0 Å². The van der Waals surface area contributed by atoms with E-state index in [1.807, 2.05) is 137 Å². The maximum Gasteiger partial charge on any atom is 0.410 e. The van der Waals surface area contributed by atoms with Crippen LogP contribution in [0.4, 0.5) is 30.0 Å². The van der Waals surface area contributed by atoms with Gasteiger partial charge in [0.05, 0.1) is 29.0 Å². The van der Waals surface area contributed by atoms with Gasteiger partial charge in [-0.05, 0) is 202 Å². The molecular formula is C76H108F2N12O11S2. The molecule has 2 aliphatic rings. The lowest BCUT2D eigenvalue weighted by Gasteiger charge is -2.33. The number of amides is 3. The second-order valence-corrected chi connectivity index (χ2v) is 37.2. The molecule has 8 heterocycles. The van der Waals surface area contributed by atoms with Gasteiger partial charge in [-0.3, -0.25) is 14.8 Å². The summed E-state index contributed by atoms with van der Waals surface area (Å²) in [5.74, 6) is -3.31. The summed E-state index contributed by atoms with van der Waals surface area (Å²) in [7, 11) is -8.41. The maximum atomic E-state index is 14.8. The number of hydrogen-bond donors (Lipinski definition) is 5. The fourth-order valence-corrected chi connectivity index (χ4v) is 13.3. The average molecular weight is 1470 g/mol. The van der Waals surface area contributed by atoms with Crippen LogP contribution < -0.4 is 20.5 Å². The van der Waals surface area contributed by atoms with E-state index in [1.165, 1.54) is 42.5 Å². The third kappa shape index (κ3) is 24.1. The zero-order valence-electron chi connectivity index (χ0n) is 64.0. The largest absolute Gasteiger partial charge is 0.478 e. The van der Waals surface area contributed by atoms with Crippen molar-refractivity contribution in [2.75, 3.05) is 23.7 Å². The Hall–Kier alpha value is -8.30. The molecule has 8 rings (SSSR count). The number of hydrogen-bond acceptors (Lipinski definition) is 18. The van der Waals surface area contributed by atoms with Gasteiger partial charge in [-0.15, -0.1) is 0 Å². The van der Waals surface area contributed by atoms with Crippen molar-refractivity contribution in [3.05, 3.63) is 154 Å². The highest BCUT2D eigenvalue weighted by Gasteiger charge is 2.45. The van der Waals surface area contributed by atoms with Crippen molar-refractivity contribution in [3.8, 4) is 0 Å². The molecule has 0 saturated carbocycles. The summed E-state index contributed by atoms with van der Waals surface area (Å²) in [5.41, 5.74) is 1.13. The second-order valence-electron chi connectivity index (χ2n) is 34.0. The highest BCUT2D eigenvalue weighted by molar-refractivity contribution is 7.90. The van der Waals surface area contributed by atoms with Gasteiger partial charge in [0.2, 0.25) is 11.9 Å². The number of rotatable bonds is 17. The van der Waals surface area contributed by atoms with Gasteiger partial charge in [0.25, 0.3) is 26.0 Å². The Morgan fingerprint density at radius 1 is 0.544 bits per heavy atom. The number of ether oxygens (including phenoxy) is 2. The fourth-order valence-electron chi connectivity index (χ4n) is 11.9. The van der Waals surface area contributed by atoms with E-state index in [0.29, 0.717) is 43.1 Å². The van der Waals surface area contributed by atoms with Gasteiger partial charge in [-0.2, -0.15) is 17.2 Å². The number of carboxylic acid groups (broad SMARTS) is 1. The molecule has 23 nitrogen and oxygen atoms in total. The standard InChI is InChI=1S/C38H53FN6O5S.C28H43N5O4S.C10H12FNO2/c1-35(2,3)25-16-19-27(40-22-25)28(18-15-24-21-38(10,11)45(23-24)34(47)50-37(7,8)9)41-30-13-12-14-31(43-30)51(48,49)44-33(46)26-17-20-29(36(4,5)6)42-32(26)39;1-26(2,3)20-13-15-21(30-17-20)22(31-23-10-9-11-24(32-23)38(29,35)36)14-12-19-16-28(7,8)33(18-19)25(34)37-27(4,5)6;1-10(2,3)7-5-4-6(9(13)14)8(11)12-7/h12-14,16-17,19-20,22,24,28H,15,18,21,23H2,1-11H3,(H,41,43)(H,44,46);9-11,13,15,17,19,22H,12,14,16,18H2,1-8H3,(H,31,32)(H2,29,35,36);4-5H,1-3H3,(H,13,14)/t24-,28?;19-,22?;/m00./s1. The number of halogens is 2. The minimum absolute atomic E-state index is 0.0274. The Morgan fingerprint density at radius 3 is 1.25 bits per heavy atom. The van der Waals surface area contributed by atoms with Crippen molar-refractivity contribution in [3.63, 3.8) is 0 Å². The zero-order valence-corrected chi connectivity index (χ0v) is 65.6. The lowest BCUT2D eigenvalue weighted by atomic mass is 9.87. The number of nitrogens with two attached hydrogens (primary N) is 1. The van der Waals surface area contributed by atoms with Crippen LogP contribution in [0.1, 0.15) is 258 Å². The van der Waals surface area contributed by atoms with Crippen LogP contribution >= 0.6 is 0 Å². The summed E-state index contributed by atoms with van der Waals surface area (Å²) < 4.78 is 91.5. The monoisotopic (exact) mass is 1470 g/mol. The number of anilines is 2. The number of nitrogens with zero attached hydrogens (tertiary/aromatic N) is 8. The first-order valence-corrected chi connectivity index (χ1v) is 37.6. The van der Waals surface area contributed by atoms with E-state index in [1.54, 1.807) is 23.1 Å². The molecule has 3 amide bonds. The number of sulfonamides is 2. The van der Waals surface area contributed by atoms with Crippen LogP contribution in [0.2, 0.25) is 0 Å². The third-order valence-electron chi connectivity index (χ3n) is 17.5. The summed E-state index contributed by atoms with van der Waals surface area (Å²) in [6.07, 6.45) is 7.65. The molecule has 4 atom stereocenters. The first-order chi connectivity index (χ1) is 47.0. The number of pyridine rings is 6. The molecule has 2 saturated heterocycles. The number of carbonyl (C=O) groups is 4. The van der Waals surface area contributed by atoms with Gasteiger partial charge in [0.1, 0.15) is 28.4 Å². The summed E-state index contributed by atoms with van der Waals surface area (Å²) in [4.78, 5) is 78.5. The normalized spacial score (nSPS) is 17.0. The van der Waals surface area contributed by atoms with Crippen LogP contribution in [-0.2, 0) is 51.2 Å². The van der Waals surface area contributed by atoms with Crippen LogP contribution in [-0.4, -0.2) is 121 Å². The number of likely N-dealkylation sites (tertiary alicyclic amines) is 2. The smallest absolute Gasteiger partial charge is 0.410 e. The van der Waals surface area contributed by atoms with Crippen molar-refractivity contribution in [2.24, 2.45) is 17.0 Å². The van der Waals surface area contributed by atoms with Gasteiger partial charge in [-0.1, -0.05) is 107 Å². The van der Waals surface area contributed by atoms with E-state index >= 15 is 0 Å². The number of carboxylic acids is 1. The fraction of sp³-hybridized carbons (Fsp3) is 0.553. The molecule has 103 heavy (non-hydrogen) atoms. The van der Waals surface area contributed by atoms with Gasteiger partial charge in [-0.25, -0.2) is 52.6 Å². The molecule has 6 aromatic rings.